The zero-order chi connectivity index (χ0) is 15.1. The van der Waals surface area contributed by atoms with E-state index in [1.165, 1.54) is 6.07 Å². The molecule has 7 heteroatoms. The van der Waals surface area contributed by atoms with Crippen molar-refractivity contribution in [2.24, 2.45) is 0 Å². The summed E-state index contributed by atoms with van der Waals surface area (Å²) in [5, 5.41) is 4.76. The number of rotatable bonds is 2. The van der Waals surface area contributed by atoms with Crippen LogP contribution in [0.5, 0.6) is 0 Å². The highest BCUT2D eigenvalue weighted by Crippen LogP contribution is 2.27. The second-order valence-electron chi connectivity index (χ2n) is 5.02. The van der Waals surface area contributed by atoms with Crippen molar-refractivity contribution < 1.29 is 8.78 Å². The van der Waals surface area contributed by atoms with Crippen LogP contribution in [-0.2, 0) is 0 Å². The smallest absolute Gasteiger partial charge is 0.220 e. The van der Waals surface area contributed by atoms with Gasteiger partial charge in [0.15, 0.2) is 11.6 Å². The first-order valence-corrected chi connectivity index (χ1v) is 6.42. The van der Waals surface area contributed by atoms with Gasteiger partial charge < -0.3 is 5.73 Å². The number of nitrogens with zero attached hydrogens (tertiary/aromatic N) is 4. The van der Waals surface area contributed by atoms with Gasteiger partial charge >= 0.3 is 0 Å². The van der Waals surface area contributed by atoms with Gasteiger partial charge in [-0.15, -0.1) is 0 Å². The van der Waals surface area contributed by atoms with E-state index in [2.05, 4.69) is 15.1 Å². The molecular formula is C14H13F2N5. The van der Waals surface area contributed by atoms with E-state index in [0.717, 1.165) is 6.20 Å². The maximum absolute atomic E-state index is 14.2. The summed E-state index contributed by atoms with van der Waals surface area (Å²) in [6.45, 7) is 3.88. The molecule has 0 saturated carbocycles. The van der Waals surface area contributed by atoms with Crippen LogP contribution in [0, 0.1) is 11.6 Å². The molecule has 108 valence electrons. The molecule has 1 aromatic carbocycles. The monoisotopic (exact) mass is 289 g/mol. The minimum atomic E-state index is -0.654. The van der Waals surface area contributed by atoms with Crippen LogP contribution in [-0.4, -0.2) is 19.7 Å². The molecule has 0 bridgehead atoms. The van der Waals surface area contributed by atoms with Crippen LogP contribution in [0.1, 0.15) is 19.9 Å². The largest absolute Gasteiger partial charge is 0.368 e. The van der Waals surface area contributed by atoms with Crippen molar-refractivity contribution in [3.8, 4) is 11.3 Å². The van der Waals surface area contributed by atoms with E-state index in [1.54, 1.807) is 16.9 Å². The molecule has 3 aromatic rings. The van der Waals surface area contributed by atoms with Gasteiger partial charge in [-0.2, -0.15) is 5.10 Å². The van der Waals surface area contributed by atoms with Crippen molar-refractivity contribution >= 4 is 16.9 Å². The van der Waals surface area contributed by atoms with E-state index in [9.17, 15) is 8.78 Å². The summed E-state index contributed by atoms with van der Waals surface area (Å²) < 4.78 is 29.6. The normalized spacial score (nSPS) is 11.5. The molecule has 0 saturated heterocycles. The molecule has 0 fully saturated rings. The summed E-state index contributed by atoms with van der Waals surface area (Å²) in [5.41, 5.74) is 5.98. The molecule has 0 aliphatic rings. The van der Waals surface area contributed by atoms with Crippen LogP contribution in [0.4, 0.5) is 14.7 Å². The number of anilines is 1. The van der Waals surface area contributed by atoms with Crippen molar-refractivity contribution in [3.63, 3.8) is 0 Å². The van der Waals surface area contributed by atoms with Gasteiger partial charge in [0, 0.05) is 23.2 Å². The van der Waals surface area contributed by atoms with E-state index in [1.807, 2.05) is 13.8 Å². The van der Waals surface area contributed by atoms with E-state index < -0.39 is 11.6 Å². The molecule has 0 unspecified atom stereocenters. The van der Waals surface area contributed by atoms with Crippen LogP contribution in [0.2, 0.25) is 0 Å². The first kappa shape index (κ1) is 13.4. The fraction of sp³-hybridized carbons (Fsp3) is 0.214. The Morgan fingerprint density at radius 3 is 2.67 bits per heavy atom. The molecule has 2 N–H and O–H groups in total. The second-order valence-corrected chi connectivity index (χ2v) is 5.02. The highest BCUT2D eigenvalue weighted by atomic mass is 19.1. The van der Waals surface area contributed by atoms with Gasteiger partial charge in [0.2, 0.25) is 5.95 Å². The van der Waals surface area contributed by atoms with Crippen molar-refractivity contribution in [1.29, 1.82) is 0 Å². The summed E-state index contributed by atoms with van der Waals surface area (Å²) in [4.78, 5) is 7.39. The molecule has 21 heavy (non-hydrogen) atoms. The fourth-order valence-electron chi connectivity index (χ4n) is 2.10. The van der Waals surface area contributed by atoms with Crippen LogP contribution in [0.25, 0.3) is 22.2 Å². The van der Waals surface area contributed by atoms with Gasteiger partial charge in [0.25, 0.3) is 0 Å². The second kappa shape index (κ2) is 4.76. The number of hydrogen-bond donors (Lipinski definition) is 1. The zero-order valence-corrected chi connectivity index (χ0v) is 11.5. The Bertz CT molecular complexity index is 826. The molecule has 2 aromatic heterocycles. The average molecular weight is 289 g/mol. The van der Waals surface area contributed by atoms with Gasteiger partial charge in [0.1, 0.15) is 11.2 Å². The predicted molar refractivity (Wildman–Crippen MR) is 75.5 cm³/mol. The van der Waals surface area contributed by atoms with Crippen LogP contribution < -0.4 is 5.73 Å². The molecular weight excluding hydrogens is 276 g/mol. The molecule has 0 radical (unpaired) electrons. The Kier molecular flexibility index (Phi) is 3.04. The Hall–Kier alpha value is -2.57. The average Bonchev–Trinajstić information content (AvgIpc) is 2.86. The third kappa shape index (κ3) is 2.31. The van der Waals surface area contributed by atoms with Crippen molar-refractivity contribution in [1.82, 2.24) is 19.7 Å². The lowest BCUT2D eigenvalue weighted by atomic mass is 10.1. The number of hydrogen-bond acceptors (Lipinski definition) is 4. The minimum absolute atomic E-state index is 0.0272. The Morgan fingerprint density at radius 1 is 1.19 bits per heavy atom. The van der Waals surface area contributed by atoms with Gasteiger partial charge in [-0.3, -0.25) is 4.68 Å². The number of fused-ring (bicyclic) bond motifs is 1. The summed E-state index contributed by atoms with van der Waals surface area (Å²) >= 11 is 0. The lowest BCUT2D eigenvalue weighted by Crippen LogP contribution is -2.00. The third-order valence-corrected chi connectivity index (χ3v) is 3.14. The highest BCUT2D eigenvalue weighted by Gasteiger charge is 2.14. The lowest BCUT2D eigenvalue weighted by Gasteiger charge is -2.03. The number of nitrogen functional groups attached to an aromatic ring is 1. The summed E-state index contributed by atoms with van der Waals surface area (Å²) in [5.74, 6) is -1.25. The molecule has 0 atom stereocenters. The van der Waals surface area contributed by atoms with Crippen molar-refractivity contribution in [2.45, 2.75) is 19.9 Å². The summed E-state index contributed by atoms with van der Waals surface area (Å²) in [6, 6.07) is 2.94. The molecule has 2 heterocycles. The maximum Gasteiger partial charge on any atom is 0.220 e. The number of nitrogens with two attached hydrogens (primary N) is 1. The van der Waals surface area contributed by atoms with E-state index in [4.69, 9.17) is 5.73 Å². The summed E-state index contributed by atoms with van der Waals surface area (Å²) in [7, 11) is 0. The Balaban J connectivity index is 2.22. The third-order valence-electron chi connectivity index (χ3n) is 3.14. The van der Waals surface area contributed by atoms with Crippen LogP contribution >= 0.6 is 0 Å². The first-order valence-electron chi connectivity index (χ1n) is 6.42. The highest BCUT2D eigenvalue weighted by molar-refractivity contribution is 5.84. The number of aromatic nitrogens is 4. The molecule has 0 aliphatic carbocycles. The Labute approximate surface area is 119 Å². The van der Waals surface area contributed by atoms with Crippen molar-refractivity contribution in [3.05, 3.63) is 36.2 Å². The van der Waals surface area contributed by atoms with Crippen LogP contribution in [0.3, 0.4) is 0 Å². The van der Waals surface area contributed by atoms with Crippen LogP contribution in [0.15, 0.2) is 24.5 Å². The molecule has 0 aliphatic heterocycles. The first-order chi connectivity index (χ1) is 9.95. The quantitative estimate of drug-likeness (QED) is 0.787. The van der Waals surface area contributed by atoms with Gasteiger partial charge in [-0.05, 0) is 26.0 Å². The number of benzene rings is 1. The zero-order valence-electron chi connectivity index (χ0n) is 11.5. The predicted octanol–water partition coefficient (Wildman–Crippen LogP) is 2.93. The van der Waals surface area contributed by atoms with Gasteiger partial charge in [-0.1, -0.05) is 0 Å². The van der Waals surface area contributed by atoms with E-state index in [-0.39, 0.29) is 23.2 Å². The maximum atomic E-state index is 14.2. The SMILES string of the molecule is CC(C)n1cc2cc(-c3nc(N)ncc3F)cc(F)c2n1. The van der Waals surface area contributed by atoms with Gasteiger partial charge in [0.05, 0.1) is 6.20 Å². The van der Waals surface area contributed by atoms with Crippen molar-refractivity contribution in [2.75, 3.05) is 5.73 Å². The molecule has 0 amide bonds. The standard InChI is InChI=1S/C14H13F2N5/c1-7(2)21-6-9-3-8(4-10(15)13(9)20-21)12-11(16)5-18-14(17)19-12/h3-7H,1-2H3,(H2,17,18,19). The van der Waals surface area contributed by atoms with E-state index in [0.29, 0.717) is 10.9 Å². The minimum Gasteiger partial charge on any atom is -0.368 e. The van der Waals surface area contributed by atoms with E-state index >= 15 is 0 Å². The molecule has 3 rings (SSSR count). The van der Waals surface area contributed by atoms with Gasteiger partial charge in [-0.25, -0.2) is 18.7 Å². The molecule has 0 spiro atoms. The number of halogens is 2. The molecule has 5 nitrogen and oxygen atoms in total. The Morgan fingerprint density at radius 2 is 1.95 bits per heavy atom. The topological polar surface area (TPSA) is 69.6 Å². The summed E-state index contributed by atoms with van der Waals surface area (Å²) in [6.07, 6.45) is 2.69. The lowest BCUT2D eigenvalue weighted by molar-refractivity contribution is 0.533. The fourth-order valence-corrected chi connectivity index (χ4v) is 2.10.